The van der Waals surface area contributed by atoms with E-state index < -0.39 is 11.7 Å². The van der Waals surface area contributed by atoms with Crippen LogP contribution in [-0.2, 0) is 12.6 Å². The van der Waals surface area contributed by atoms with E-state index in [2.05, 4.69) is 6.07 Å². The molecule has 1 aliphatic carbocycles. The molecule has 0 atom stereocenters. The van der Waals surface area contributed by atoms with E-state index in [4.69, 9.17) is 4.74 Å². The molecule has 0 saturated carbocycles. The first-order valence-electron chi connectivity index (χ1n) is 8.11. The van der Waals surface area contributed by atoms with Crippen LogP contribution in [0.3, 0.4) is 0 Å². The highest BCUT2D eigenvalue weighted by Gasteiger charge is 2.33. The molecule has 0 aromatic heterocycles. The van der Waals surface area contributed by atoms with Crippen LogP contribution in [0.1, 0.15) is 22.3 Å². The summed E-state index contributed by atoms with van der Waals surface area (Å²) in [4.78, 5) is 0. The molecule has 1 nitrogen and oxygen atoms in total. The van der Waals surface area contributed by atoms with Gasteiger partial charge in [-0.05, 0) is 52.3 Å². The molecule has 5 rings (SSSR count). The lowest BCUT2D eigenvalue weighted by atomic mass is 9.91. The Bertz CT molecular complexity index is 1060. The summed E-state index contributed by atoms with van der Waals surface area (Å²) in [5, 5.41) is 1.35. The maximum atomic E-state index is 13.2. The zero-order valence-corrected chi connectivity index (χ0v) is 13.2. The molecule has 2 aliphatic rings. The van der Waals surface area contributed by atoms with Crippen molar-refractivity contribution < 1.29 is 17.9 Å². The van der Waals surface area contributed by atoms with Gasteiger partial charge in [0.25, 0.3) is 0 Å². The van der Waals surface area contributed by atoms with Crippen LogP contribution in [0.5, 0.6) is 5.75 Å². The molecule has 0 amide bonds. The molecule has 0 unspecified atom stereocenters. The summed E-state index contributed by atoms with van der Waals surface area (Å²) in [6.07, 6.45) is 0.287. The van der Waals surface area contributed by atoms with Crippen molar-refractivity contribution in [2.75, 3.05) is 6.61 Å². The fourth-order valence-corrected chi connectivity index (χ4v) is 3.94. The van der Waals surface area contributed by atoms with Gasteiger partial charge in [-0.25, -0.2) is 0 Å². The predicted octanol–water partition coefficient (Wildman–Crippen LogP) is 5.84. The van der Waals surface area contributed by atoms with Gasteiger partial charge >= 0.3 is 6.18 Å². The summed E-state index contributed by atoms with van der Waals surface area (Å²) < 4.78 is 45.4. The second-order valence-corrected chi connectivity index (χ2v) is 6.40. The smallest absolute Gasteiger partial charge is 0.416 e. The third-order valence-corrected chi connectivity index (χ3v) is 4.99. The zero-order valence-electron chi connectivity index (χ0n) is 13.2. The Balaban J connectivity index is 1.92. The van der Waals surface area contributed by atoms with E-state index in [0.29, 0.717) is 17.7 Å². The second-order valence-electron chi connectivity index (χ2n) is 6.40. The van der Waals surface area contributed by atoms with Crippen molar-refractivity contribution in [1.29, 1.82) is 0 Å². The van der Waals surface area contributed by atoms with Crippen LogP contribution < -0.4 is 4.74 Å². The van der Waals surface area contributed by atoms with Crippen molar-refractivity contribution in [2.24, 2.45) is 0 Å². The molecule has 3 aromatic rings. The zero-order chi connectivity index (χ0) is 17.2. The van der Waals surface area contributed by atoms with Crippen molar-refractivity contribution >= 4 is 16.8 Å². The number of hydrogen-bond donors (Lipinski definition) is 0. The predicted molar refractivity (Wildman–Crippen MR) is 91.7 cm³/mol. The molecule has 4 heteroatoms. The quantitative estimate of drug-likeness (QED) is 0.392. The molecule has 3 aromatic carbocycles. The molecule has 0 radical (unpaired) electrons. The average molecular weight is 338 g/mol. The van der Waals surface area contributed by atoms with Gasteiger partial charge in [0.2, 0.25) is 0 Å². The minimum absolute atomic E-state index is 0.379. The van der Waals surface area contributed by atoms with Crippen LogP contribution >= 0.6 is 0 Å². The van der Waals surface area contributed by atoms with Gasteiger partial charge in [-0.3, -0.25) is 0 Å². The van der Waals surface area contributed by atoms with Crippen molar-refractivity contribution in [3.8, 4) is 16.9 Å². The van der Waals surface area contributed by atoms with E-state index in [9.17, 15) is 13.2 Å². The Morgan fingerprint density at radius 1 is 0.960 bits per heavy atom. The van der Waals surface area contributed by atoms with Crippen LogP contribution in [-0.4, -0.2) is 6.61 Å². The molecule has 0 saturated heterocycles. The first kappa shape index (κ1) is 14.6. The Labute approximate surface area is 142 Å². The summed E-state index contributed by atoms with van der Waals surface area (Å²) in [6, 6.07) is 12.0. The number of ether oxygens (including phenoxy) is 1. The van der Waals surface area contributed by atoms with Crippen LogP contribution in [0.2, 0.25) is 0 Å². The van der Waals surface area contributed by atoms with Crippen molar-refractivity contribution in [3.05, 3.63) is 70.8 Å². The Kier molecular flexibility index (Phi) is 2.85. The highest BCUT2D eigenvalue weighted by molar-refractivity contribution is 6.07. The van der Waals surface area contributed by atoms with Gasteiger partial charge in [0.05, 0.1) is 5.56 Å². The van der Waals surface area contributed by atoms with E-state index in [1.807, 2.05) is 30.4 Å². The van der Waals surface area contributed by atoms with Crippen LogP contribution in [0, 0.1) is 0 Å². The van der Waals surface area contributed by atoms with Gasteiger partial charge in [0.1, 0.15) is 12.4 Å². The molecule has 0 fully saturated rings. The highest BCUT2D eigenvalue weighted by atomic mass is 19.4. The standard InChI is InChI=1S/C21H13F3O/c22-21(23,24)13-7-8-15-18(11-13)20-16(6-3-9-25-20)17-10-12-4-1-2-5-14(12)19(15)17/h1-8,11H,9-10H2. The van der Waals surface area contributed by atoms with E-state index in [-0.39, 0.29) is 0 Å². The molecule has 124 valence electrons. The molecular formula is C21H13F3O. The summed E-state index contributed by atoms with van der Waals surface area (Å²) in [6.45, 7) is 0.379. The van der Waals surface area contributed by atoms with Gasteiger partial charge in [-0.2, -0.15) is 13.2 Å². The first-order valence-corrected chi connectivity index (χ1v) is 8.11. The Morgan fingerprint density at radius 3 is 2.64 bits per heavy atom. The van der Waals surface area contributed by atoms with E-state index in [1.165, 1.54) is 11.6 Å². The molecule has 0 bridgehead atoms. The Hall–Kier alpha value is -2.75. The number of fused-ring (bicyclic) bond motifs is 8. The number of benzene rings is 3. The van der Waals surface area contributed by atoms with E-state index in [1.54, 1.807) is 6.07 Å². The third kappa shape index (κ3) is 2.03. The number of halogens is 3. The van der Waals surface area contributed by atoms with Gasteiger partial charge in [-0.15, -0.1) is 0 Å². The highest BCUT2D eigenvalue weighted by Crippen LogP contribution is 2.49. The van der Waals surface area contributed by atoms with E-state index >= 15 is 0 Å². The van der Waals surface area contributed by atoms with Crippen LogP contribution in [0.25, 0.3) is 28.0 Å². The molecule has 25 heavy (non-hydrogen) atoms. The molecule has 1 aliphatic heterocycles. The molecule has 0 N–H and O–H groups in total. The lowest BCUT2D eigenvalue weighted by Crippen LogP contribution is -2.07. The monoisotopic (exact) mass is 338 g/mol. The van der Waals surface area contributed by atoms with Crippen LogP contribution in [0.4, 0.5) is 13.2 Å². The lowest BCUT2D eigenvalue weighted by Gasteiger charge is -2.21. The fraction of sp³-hybridized carbons (Fsp3) is 0.143. The maximum Gasteiger partial charge on any atom is 0.416 e. The number of hydrogen-bond acceptors (Lipinski definition) is 1. The summed E-state index contributed by atoms with van der Waals surface area (Å²) >= 11 is 0. The lowest BCUT2D eigenvalue weighted by molar-refractivity contribution is -0.137. The van der Waals surface area contributed by atoms with Crippen molar-refractivity contribution in [1.82, 2.24) is 0 Å². The van der Waals surface area contributed by atoms with Crippen molar-refractivity contribution in [2.45, 2.75) is 12.6 Å². The molecule has 1 heterocycles. The largest absolute Gasteiger partial charge is 0.488 e. The summed E-state index contributed by atoms with van der Waals surface area (Å²) in [7, 11) is 0. The normalized spacial score (nSPS) is 14.8. The molecule has 0 spiro atoms. The maximum absolute atomic E-state index is 13.2. The Morgan fingerprint density at radius 2 is 1.80 bits per heavy atom. The third-order valence-electron chi connectivity index (χ3n) is 4.99. The van der Waals surface area contributed by atoms with E-state index in [0.717, 1.165) is 40.1 Å². The number of alkyl halides is 3. The number of rotatable bonds is 0. The fourth-order valence-electron chi connectivity index (χ4n) is 3.94. The van der Waals surface area contributed by atoms with Gasteiger partial charge < -0.3 is 4.74 Å². The minimum atomic E-state index is -4.37. The summed E-state index contributed by atoms with van der Waals surface area (Å²) in [5.74, 6) is 0.565. The minimum Gasteiger partial charge on any atom is -0.488 e. The van der Waals surface area contributed by atoms with Crippen molar-refractivity contribution in [3.63, 3.8) is 0 Å². The summed E-state index contributed by atoms with van der Waals surface area (Å²) in [5.41, 5.74) is 4.73. The average Bonchev–Trinajstić information content (AvgIpc) is 3.00. The first-order chi connectivity index (χ1) is 12.0. The second kappa shape index (κ2) is 4.88. The van der Waals surface area contributed by atoms with Gasteiger partial charge in [0, 0.05) is 10.9 Å². The van der Waals surface area contributed by atoms with Crippen LogP contribution in [0.15, 0.2) is 48.5 Å². The van der Waals surface area contributed by atoms with Gasteiger partial charge in [0.15, 0.2) is 0 Å². The van der Waals surface area contributed by atoms with Gasteiger partial charge in [-0.1, -0.05) is 36.4 Å². The SMILES string of the molecule is FC(F)(F)c1ccc2c3c(c4c(c2c1)OCC=C4)Cc1ccccc1-3. The topological polar surface area (TPSA) is 9.23 Å². The molecular weight excluding hydrogens is 325 g/mol.